The van der Waals surface area contributed by atoms with Crippen LogP contribution in [0.15, 0.2) is 18.2 Å². The molecule has 1 aromatic carbocycles. The van der Waals surface area contributed by atoms with Gasteiger partial charge in [0.15, 0.2) is 0 Å². The Morgan fingerprint density at radius 2 is 1.58 bits per heavy atom. The van der Waals surface area contributed by atoms with Gasteiger partial charge in [-0.3, -0.25) is 0 Å². The lowest BCUT2D eigenvalue weighted by Gasteiger charge is -2.00. The van der Waals surface area contributed by atoms with Crippen LogP contribution in [0.1, 0.15) is 12.5 Å². The monoisotopic (exact) mass is 220 g/mol. The molecule has 0 nitrogen and oxygen atoms in total. The van der Waals surface area contributed by atoms with Gasteiger partial charge in [0.2, 0.25) is 0 Å². The van der Waals surface area contributed by atoms with Crippen molar-refractivity contribution in [2.45, 2.75) is 6.92 Å². The second-order valence-electron chi connectivity index (χ2n) is 2.30. The molecule has 64 valence electrons. The lowest BCUT2D eigenvalue weighted by atomic mass is 10.2. The first-order chi connectivity index (χ1) is 5.65. The van der Waals surface area contributed by atoms with Gasteiger partial charge in [0.05, 0.1) is 15.1 Å². The maximum Gasteiger partial charge on any atom is 0.0778 e. The first kappa shape index (κ1) is 9.91. The van der Waals surface area contributed by atoms with Crippen LogP contribution in [-0.2, 0) is 0 Å². The molecule has 0 fully saturated rings. The largest absolute Gasteiger partial charge is 0.0871 e. The van der Waals surface area contributed by atoms with Crippen molar-refractivity contribution in [1.29, 1.82) is 0 Å². The molecule has 0 N–H and O–H groups in total. The van der Waals surface area contributed by atoms with E-state index in [1.807, 2.05) is 19.1 Å². The van der Waals surface area contributed by atoms with Gasteiger partial charge < -0.3 is 0 Å². The average molecular weight is 222 g/mol. The molecule has 0 radical (unpaired) electrons. The van der Waals surface area contributed by atoms with E-state index in [2.05, 4.69) is 0 Å². The molecule has 0 aliphatic heterocycles. The van der Waals surface area contributed by atoms with Gasteiger partial charge in [0.25, 0.3) is 0 Å². The third kappa shape index (κ3) is 2.16. The Bertz CT molecular complexity index is 293. The molecular weight excluding hydrogens is 214 g/mol. The summed E-state index contributed by atoms with van der Waals surface area (Å²) in [6.07, 6.45) is 3.82. The average Bonchev–Trinajstić information content (AvgIpc) is 2.01. The highest BCUT2D eigenvalue weighted by atomic mass is 35.5. The Morgan fingerprint density at radius 1 is 1.08 bits per heavy atom. The van der Waals surface area contributed by atoms with Crippen LogP contribution in [0, 0.1) is 0 Å². The molecule has 0 heterocycles. The third-order valence-electron chi connectivity index (χ3n) is 1.37. The summed E-state index contributed by atoms with van der Waals surface area (Å²) in [4.78, 5) is 0. The molecule has 0 saturated carbocycles. The minimum atomic E-state index is 0.409. The summed E-state index contributed by atoms with van der Waals surface area (Å²) in [6.45, 7) is 1.93. The predicted octanol–water partition coefficient (Wildman–Crippen LogP) is 4.68. The Hall–Kier alpha value is -0.170. The van der Waals surface area contributed by atoms with Crippen molar-refractivity contribution in [3.05, 3.63) is 38.8 Å². The van der Waals surface area contributed by atoms with Crippen molar-refractivity contribution in [2.75, 3.05) is 0 Å². The van der Waals surface area contributed by atoms with E-state index in [4.69, 9.17) is 34.8 Å². The highest BCUT2D eigenvalue weighted by Gasteiger charge is 2.03. The van der Waals surface area contributed by atoms with E-state index in [1.54, 1.807) is 12.1 Å². The van der Waals surface area contributed by atoms with E-state index in [0.29, 0.717) is 15.1 Å². The Kier molecular flexibility index (Phi) is 3.45. The number of hydrogen-bond acceptors (Lipinski definition) is 0. The molecule has 0 aliphatic rings. The first-order valence-corrected chi connectivity index (χ1v) is 4.55. The van der Waals surface area contributed by atoms with Crippen molar-refractivity contribution in [3.63, 3.8) is 0 Å². The number of rotatable bonds is 1. The molecule has 0 unspecified atom stereocenters. The SMILES string of the molecule is CC=Cc1cc(Cl)c(Cl)c(Cl)c1. The smallest absolute Gasteiger partial charge is 0.0778 e. The second kappa shape index (κ2) is 4.18. The molecular formula is C9H7Cl3. The van der Waals surface area contributed by atoms with Gasteiger partial charge in [-0.1, -0.05) is 47.0 Å². The van der Waals surface area contributed by atoms with Crippen molar-refractivity contribution in [3.8, 4) is 0 Å². The summed E-state index contributed by atoms with van der Waals surface area (Å²) >= 11 is 17.4. The molecule has 0 amide bonds. The zero-order valence-corrected chi connectivity index (χ0v) is 8.71. The van der Waals surface area contributed by atoms with Crippen LogP contribution >= 0.6 is 34.8 Å². The zero-order valence-electron chi connectivity index (χ0n) is 6.44. The third-order valence-corrected chi connectivity index (χ3v) is 2.56. The van der Waals surface area contributed by atoms with Gasteiger partial charge in [0, 0.05) is 0 Å². The molecule has 0 aliphatic carbocycles. The van der Waals surface area contributed by atoms with Crippen molar-refractivity contribution in [2.24, 2.45) is 0 Å². The molecule has 1 aromatic rings. The highest BCUT2D eigenvalue weighted by molar-refractivity contribution is 6.48. The predicted molar refractivity (Wildman–Crippen MR) is 56.2 cm³/mol. The number of benzene rings is 1. The Balaban J connectivity index is 3.21. The topological polar surface area (TPSA) is 0 Å². The van der Waals surface area contributed by atoms with Crippen LogP contribution in [0.5, 0.6) is 0 Å². The standard InChI is InChI=1S/C9H7Cl3/c1-2-3-6-4-7(10)9(12)8(11)5-6/h2-5H,1H3. The summed E-state index contributed by atoms with van der Waals surface area (Å²) < 4.78 is 0. The summed E-state index contributed by atoms with van der Waals surface area (Å²) in [5, 5.41) is 1.38. The van der Waals surface area contributed by atoms with E-state index >= 15 is 0 Å². The molecule has 0 aromatic heterocycles. The van der Waals surface area contributed by atoms with Gasteiger partial charge in [-0.25, -0.2) is 0 Å². The quantitative estimate of drug-likeness (QED) is 0.604. The number of hydrogen-bond donors (Lipinski definition) is 0. The van der Waals surface area contributed by atoms with E-state index in [0.717, 1.165) is 5.56 Å². The fourth-order valence-corrected chi connectivity index (χ4v) is 1.48. The van der Waals surface area contributed by atoms with Crippen molar-refractivity contribution < 1.29 is 0 Å². The normalized spacial score (nSPS) is 11.0. The molecule has 1 rings (SSSR count). The van der Waals surface area contributed by atoms with Gasteiger partial charge in [-0.05, 0) is 24.6 Å². The second-order valence-corrected chi connectivity index (χ2v) is 3.49. The number of halogens is 3. The van der Waals surface area contributed by atoms with Crippen molar-refractivity contribution in [1.82, 2.24) is 0 Å². The summed E-state index contributed by atoms with van der Waals surface area (Å²) in [7, 11) is 0. The Morgan fingerprint density at radius 3 is 2.00 bits per heavy atom. The van der Waals surface area contributed by atoms with E-state index in [-0.39, 0.29) is 0 Å². The van der Waals surface area contributed by atoms with Gasteiger partial charge in [0.1, 0.15) is 0 Å². The van der Waals surface area contributed by atoms with Crippen LogP contribution in [-0.4, -0.2) is 0 Å². The molecule has 0 spiro atoms. The molecule has 0 saturated heterocycles. The minimum absolute atomic E-state index is 0.409. The van der Waals surface area contributed by atoms with Crippen LogP contribution in [0.4, 0.5) is 0 Å². The fraction of sp³-hybridized carbons (Fsp3) is 0.111. The van der Waals surface area contributed by atoms with Crippen LogP contribution in [0.25, 0.3) is 6.08 Å². The molecule has 3 heteroatoms. The van der Waals surface area contributed by atoms with E-state index in [1.165, 1.54) is 0 Å². The maximum absolute atomic E-state index is 5.80. The van der Waals surface area contributed by atoms with Crippen LogP contribution in [0.2, 0.25) is 15.1 Å². The first-order valence-electron chi connectivity index (χ1n) is 3.42. The fourth-order valence-electron chi connectivity index (χ4n) is 0.864. The van der Waals surface area contributed by atoms with Crippen molar-refractivity contribution >= 4 is 40.9 Å². The van der Waals surface area contributed by atoms with Crippen LogP contribution in [0.3, 0.4) is 0 Å². The van der Waals surface area contributed by atoms with Gasteiger partial charge in [-0.15, -0.1) is 0 Å². The maximum atomic E-state index is 5.80. The lowest BCUT2D eigenvalue weighted by Crippen LogP contribution is -1.76. The van der Waals surface area contributed by atoms with Gasteiger partial charge >= 0.3 is 0 Å². The minimum Gasteiger partial charge on any atom is -0.0871 e. The summed E-state index contributed by atoms with van der Waals surface area (Å²) in [5.74, 6) is 0. The zero-order chi connectivity index (χ0) is 9.14. The van der Waals surface area contributed by atoms with E-state index < -0.39 is 0 Å². The summed E-state index contributed by atoms with van der Waals surface area (Å²) in [6, 6.07) is 3.55. The van der Waals surface area contributed by atoms with Gasteiger partial charge in [-0.2, -0.15) is 0 Å². The summed E-state index contributed by atoms with van der Waals surface area (Å²) in [5.41, 5.74) is 0.955. The lowest BCUT2D eigenvalue weighted by molar-refractivity contribution is 1.64. The highest BCUT2D eigenvalue weighted by Crippen LogP contribution is 2.31. The number of allylic oxidation sites excluding steroid dienone is 1. The molecule has 0 atom stereocenters. The molecule has 12 heavy (non-hydrogen) atoms. The van der Waals surface area contributed by atoms with E-state index in [9.17, 15) is 0 Å². The Labute approximate surface area is 86.7 Å². The van der Waals surface area contributed by atoms with Crippen LogP contribution < -0.4 is 0 Å². The molecule has 0 bridgehead atoms.